The standard InChI is InChI=1S/C17H19NO2S/c1-12(2)14-10-6-7-11-15(14)21-16(17(19)18-20)13-8-4-3-5-9-13/h3-12,16,20H,1-2H3,(H,18,19). The van der Waals surface area contributed by atoms with Crippen LogP contribution in [0.1, 0.15) is 36.1 Å². The number of carbonyl (C=O) groups is 1. The number of rotatable bonds is 5. The SMILES string of the molecule is CC(C)c1ccccc1SC(C(=O)NO)c1ccccc1. The second-order valence-corrected chi connectivity index (χ2v) is 6.22. The van der Waals surface area contributed by atoms with E-state index in [4.69, 9.17) is 5.21 Å². The van der Waals surface area contributed by atoms with Crippen LogP contribution in [0.5, 0.6) is 0 Å². The summed E-state index contributed by atoms with van der Waals surface area (Å²) in [5.41, 5.74) is 3.84. The molecule has 21 heavy (non-hydrogen) atoms. The van der Waals surface area contributed by atoms with Crippen molar-refractivity contribution in [1.82, 2.24) is 5.48 Å². The highest BCUT2D eigenvalue weighted by atomic mass is 32.2. The minimum absolute atomic E-state index is 0.377. The normalized spacial score (nSPS) is 12.2. The molecule has 0 radical (unpaired) electrons. The van der Waals surface area contributed by atoms with Crippen molar-refractivity contribution in [1.29, 1.82) is 0 Å². The molecule has 0 fully saturated rings. The van der Waals surface area contributed by atoms with Crippen LogP contribution < -0.4 is 5.48 Å². The first-order valence-corrected chi connectivity index (χ1v) is 7.76. The molecule has 1 atom stereocenters. The van der Waals surface area contributed by atoms with E-state index >= 15 is 0 Å². The Morgan fingerprint density at radius 3 is 2.29 bits per heavy atom. The van der Waals surface area contributed by atoms with Gasteiger partial charge >= 0.3 is 0 Å². The van der Waals surface area contributed by atoms with Crippen LogP contribution in [-0.4, -0.2) is 11.1 Å². The lowest BCUT2D eigenvalue weighted by Crippen LogP contribution is -2.24. The number of nitrogens with one attached hydrogen (secondary N) is 1. The largest absolute Gasteiger partial charge is 0.289 e. The molecule has 0 aliphatic carbocycles. The average molecular weight is 301 g/mol. The van der Waals surface area contributed by atoms with E-state index in [9.17, 15) is 4.79 Å². The van der Waals surface area contributed by atoms with Crippen LogP contribution in [0.15, 0.2) is 59.5 Å². The van der Waals surface area contributed by atoms with Gasteiger partial charge in [0.15, 0.2) is 0 Å². The minimum atomic E-state index is -0.476. The van der Waals surface area contributed by atoms with E-state index in [0.717, 1.165) is 10.5 Å². The van der Waals surface area contributed by atoms with Crippen LogP contribution in [0, 0.1) is 0 Å². The van der Waals surface area contributed by atoms with Gasteiger partial charge in [0.1, 0.15) is 5.25 Å². The van der Waals surface area contributed by atoms with Gasteiger partial charge in [0, 0.05) is 4.90 Å². The van der Waals surface area contributed by atoms with Gasteiger partial charge < -0.3 is 0 Å². The zero-order valence-corrected chi connectivity index (χ0v) is 12.9. The molecule has 1 amide bonds. The maximum absolute atomic E-state index is 12.0. The van der Waals surface area contributed by atoms with E-state index in [2.05, 4.69) is 19.9 Å². The number of thioether (sulfide) groups is 1. The van der Waals surface area contributed by atoms with Crippen LogP contribution in [-0.2, 0) is 4.79 Å². The van der Waals surface area contributed by atoms with Gasteiger partial charge in [-0.3, -0.25) is 10.0 Å². The number of amides is 1. The predicted octanol–water partition coefficient (Wildman–Crippen LogP) is 4.15. The first-order valence-electron chi connectivity index (χ1n) is 6.88. The van der Waals surface area contributed by atoms with Gasteiger partial charge in [-0.15, -0.1) is 11.8 Å². The van der Waals surface area contributed by atoms with Crippen LogP contribution in [0.25, 0.3) is 0 Å². The summed E-state index contributed by atoms with van der Waals surface area (Å²) in [6, 6.07) is 17.5. The molecule has 2 N–H and O–H groups in total. The Morgan fingerprint density at radius 2 is 1.67 bits per heavy atom. The Labute approximate surface area is 129 Å². The molecular weight excluding hydrogens is 282 g/mol. The summed E-state index contributed by atoms with van der Waals surface area (Å²) in [7, 11) is 0. The van der Waals surface area contributed by atoms with E-state index in [1.165, 1.54) is 17.3 Å². The highest BCUT2D eigenvalue weighted by Crippen LogP contribution is 2.39. The molecule has 110 valence electrons. The summed E-state index contributed by atoms with van der Waals surface area (Å²) in [5.74, 6) is -0.0351. The van der Waals surface area contributed by atoms with Gasteiger partial charge in [-0.1, -0.05) is 62.4 Å². The highest BCUT2D eigenvalue weighted by Gasteiger charge is 2.23. The number of hydrogen-bond donors (Lipinski definition) is 2. The van der Waals surface area contributed by atoms with Gasteiger partial charge in [-0.05, 0) is 23.1 Å². The Bertz CT molecular complexity index is 599. The number of hydrogen-bond acceptors (Lipinski definition) is 3. The molecule has 0 spiro atoms. The fourth-order valence-electron chi connectivity index (χ4n) is 2.15. The lowest BCUT2D eigenvalue weighted by atomic mass is 10.0. The van der Waals surface area contributed by atoms with Crippen molar-refractivity contribution >= 4 is 17.7 Å². The first kappa shape index (κ1) is 15.6. The summed E-state index contributed by atoms with van der Waals surface area (Å²) < 4.78 is 0. The summed E-state index contributed by atoms with van der Waals surface area (Å²) in [4.78, 5) is 13.1. The maximum atomic E-state index is 12.0. The van der Waals surface area contributed by atoms with Crippen molar-refractivity contribution in [3.8, 4) is 0 Å². The molecule has 0 heterocycles. The van der Waals surface area contributed by atoms with Crippen molar-refractivity contribution in [3.05, 3.63) is 65.7 Å². The molecule has 0 bridgehead atoms. The number of carbonyl (C=O) groups excluding carboxylic acids is 1. The summed E-state index contributed by atoms with van der Waals surface area (Å²) in [5, 5.41) is 8.53. The highest BCUT2D eigenvalue weighted by molar-refractivity contribution is 8.00. The van der Waals surface area contributed by atoms with E-state index < -0.39 is 11.2 Å². The van der Waals surface area contributed by atoms with Crippen molar-refractivity contribution in [2.24, 2.45) is 0 Å². The van der Waals surface area contributed by atoms with Crippen LogP contribution >= 0.6 is 11.8 Å². The number of benzene rings is 2. The zero-order chi connectivity index (χ0) is 15.2. The molecule has 0 aliphatic heterocycles. The Kier molecular flexibility index (Phi) is 5.42. The van der Waals surface area contributed by atoms with Crippen LogP contribution in [0.2, 0.25) is 0 Å². The van der Waals surface area contributed by atoms with Crippen LogP contribution in [0.4, 0.5) is 0 Å². The van der Waals surface area contributed by atoms with Crippen LogP contribution in [0.3, 0.4) is 0 Å². The quantitative estimate of drug-likeness (QED) is 0.495. The molecule has 3 nitrogen and oxygen atoms in total. The first-order chi connectivity index (χ1) is 10.1. The Balaban J connectivity index is 2.34. The van der Waals surface area contributed by atoms with E-state index in [-0.39, 0.29) is 0 Å². The third kappa shape index (κ3) is 3.86. The van der Waals surface area contributed by atoms with Gasteiger partial charge in [-0.2, -0.15) is 0 Å². The molecule has 2 aromatic rings. The molecule has 0 saturated carbocycles. The summed E-state index contributed by atoms with van der Waals surface area (Å²) >= 11 is 1.46. The number of hydroxylamine groups is 1. The molecule has 1 unspecified atom stereocenters. The molecule has 4 heteroatoms. The molecule has 0 aliphatic rings. The third-order valence-electron chi connectivity index (χ3n) is 3.24. The molecule has 0 saturated heterocycles. The minimum Gasteiger partial charge on any atom is -0.289 e. The van der Waals surface area contributed by atoms with Gasteiger partial charge in [0.2, 0.25) is 0 Å². The van der Waals surface area contributed by atoms with Gasteiger partial charge in [0.05, 0.1) is 0 Å². The topological polar surface area (TPSA) is 49.3 Å². The van der Waals surface area contributed by atoms with Gasteiger partial charge in [-0.25, -0.2) is 5.48 Å². The second-order valence-electron chi connectivity index (χ2n) is 5.08. The predicted molar refractivity (Wildman–Crippen MR) is 85.5 cm³/mol. The van der Waals surface area contributed by atoms with E-state index in [1.54, 1.807) is 5.48 Å². The smallest absolute Gasteiger partial charge is 0.261 e. The maximum Gasteiger partial charge on any atom is 0.261 e. The lowest BCUT2D eigenvalue weighted by Gasteiger charge is -2.18. The monoisotopic (exact) mass is 301 g/mol. The summed E-state index contributed by atoms with van der Waals surface area (Å²) in [6.07, 6.45) is 0. The fraction of sp³-hybridized carbons (Fsp3) is 0.235. The van der Waals surface area contributed by atoms with Crippen molar-refractivity contribution < 1.29 is 10.0 Å². The van der Waals surface area contributed by atoms with E-state index in [0.29, 0.717) is 5.92 Å². The molecule has 0 aromatic heterocycles. The van der Waals surface area contributed by atoms with Crippen molar-refractivity contribution in [3.63, 3.8) is 0 Å². The third-order valence-corrected chi connectivity index (χ3v) is 4.58. The average Bonchev–Trinajstić information content (AvgIpc) is 2.53. The summed E-state index contributed by atoms with van der Waals surface area (Å²) in [6.45, 7) is 4.26. The van der Waals surface area contributed by atoms with Crippen molar-refractivity contribution in [2.45, 2.75) is 29.9 Å². The van der Waals surface area contributed by atoms with E-state index in [1.807, 2.05) is 48.5 Å². The zero-order valence-electron chi connectivity index (χ0n) is 12.1. The molecule has 2 aromatic carbocycles. The lowest BCUT2D eigenvalue weighted by molar-refractivity contribution is -0.128. The molecule has 2 rings (SSSR count). The van der Waals surface area contributed by atoms with Crippen molar-refractivity contribution in [2.75, 3.05) is 0 Å². The molecular formula is C17H19NO2S. The second kappa shape index (κ2) is 7.29. The van der Waals surface area contributed by atoms with Gasteiger partial charge in [0.25, 0.3) is 5.91 Å². The Hall–Kier alpha value is -1.78. The Morgan fingerprint density at radius 1 is 1.05 bits per heavy atom. The fourth-order valence-corrected chi connectivity index (χ4v) is 3.46.